The van der Waals surface area contributed by atoms with Crippen LogP contribution in [0.5, 0.6) is 0 Å². The smallest absolute Gasteiger partial charge is 0.243 e. The van der Waals surface area contributed by atoms with E-state index in [4.69, 9.17) is 9.57 Å². The lowest BCUT2D eigenvalue weighted by Crippen LogP contribution is -2.32. The van der Waals surface area contributed by atoms with Crippen molar-refractivity contribution >= 4 is 39.9 Å². The molecule has 1 aromatic heterocycles. The number of nitriles is 1. The summed E-state index contributed by atoms with van der Waals surface area (Å²) < 4.78 is 5.46. The van der Waals surface area contributed by atoms with Crippen molar-refractivity contribution in [2.45, 2.75) is 38.4 Å². The second-order valence-electron chi connectivity index (χ2n) is 8.62. The number of nitrogens with zero attached hydrogens (tertiary/aromatic N) is 3. The number of hydrogen-bond acceptors (Lipinski definition) is 7. The van der Waals surface area contributed by atoms with Crippen molar-refractivity contribution in [3.8, 4) is 6.07 Å². The monoisotopic (exact) mass is 485 g/mol. The van der Waals surface area contributed by atoms with Gasteiger partial charge in [0.25, 0.3) is 0 Å². The minimum atomic E-state index is -0.349. The first-order chi connectivity index (χ1) is 17.6. The molecule has 36 heavy (non-hydrogen) atoms. The molecule has 0 bridgehead atoms. The Hall–Kier alpha value is -3.93. The van der Waals surface area contributed by atoms with Crippen molar-refractivity contribution < 1.29 is 14.4 Å². The average Bonchev–Trinajstić information content (AvgIpc) is 2.93. The minimum Gasteiger partial charge on any atom is -0.388 e. The van der Waals surface area contributed by atoms with Crippen LogP contribution in [0, 0.1) is 11.3 Å². The van der Waals surface area contributed by atoms with Gasteiger partial charge in [-0.15, -0.1) is 0 Å². The Kier molecular flexibility index (Phi) is 8.50. The number of aromatic nitrogens is 1. The van der Waals surface area contributed by atoms with E-state index in [9.17, 15) is 10.1 Å². The van der Waals surface area contributed by atoms with Crippen LogP contribution in [-0.2, 0) is 14.4 Å². The van der Waals surface area contributed by atoms with Crippen LogP contribution in [0.3, 0.4) is 0 Å². The molecule has 4 rings (SSSR count). The first-order valence-corrected chi connectivity index (χ1v) is 12.2. The fourth-order valence-corrected chi connectivity index (χ4v) is 4.17. The highest BCUT2D eigenvalue weighted by atomic mass is 16.8. The van der Waals surface area contributed by atoms with Gasteiger partial charge in [0.05, 0.1) is 11.2 Å². The summed E-state index contributed by atoms with van der Waals surface area (Å²) in [5, 5.41) is 13.6. The number of anilines is 3. The summed E-state index contributed by atoms with van der Waals surface area (Å²) in [4.78, 5) is 23.9. The predicted octanol–water partition coefficient (Wildman–Crippen LogP) is 5.28. The zero-order valence-corrected chi connectivity index (χ0v) is 20.7. The number of rotatable bonds is 9. The molecule has 1 atom stereocenters. The van der Waals surface area contributed by atoms with Gasteiger partial charge in [-0.25, -0.2) is 15.3 Å². The number of carbonyl (C=O) groups excluding carboxylic acids is 1. The van der Waals surface area contributed by atoms with Gasteiger partial charge in [-0.05, 0) is 55.2 Å². The highest BCUT2D eigenvalue weighted by molar-refractivity contribution is 5.94. The molecule has 1 amide bonds. The Morgan fingerprint density at radius 2 is 2.14 bits per heavy atom. The Morgan fingerprint density at radius 1 is 1.28 bits per heavy atom. The van der Waals surface area contributed by atoms with Gasteiger partial charge in [0.15, 0.2) is 6.29 Å². The van der Waals surface area contributed by atoms with Gasteiger partial charge in [0.2, 0.25) is 5.91 Å². The van der Waals surface area contributed by atoms with Crippen LogP contribution in [0.15, 0.2) is 54.6 Å². The van der Waals surface area contributed by atoms with E-state index in [1.54, 1.807) is 0 Å². The van der Waals surface area contributed by atoms with Crippen LogP contribution >= 0.6 is 0 Å². The highest BCUT2D eigenvalue weighted by Gasteiger charge is 2.15. The van der Waals surface area contributed by atoms with Gasteiger partial charge >= 0.3 is 0 Å². The Balaban J connectivity index is 1.45. The molecule has 0 radical (unpaired) electrons. The number of carbonyl (C=O) groups is 1. The molecule has 186 valence electrons. The van der Waals surface area contributed by atoms with Crippen molar-refractivity contribution in [3.05, 3.63) is 65.9 Å². The number of fused-ring (bicyclic) bond motifs is 1. The average molecular weight is 486 g/mol. The number of pyridine rings is 1. The first-order valence-electron chi connectivity index (χ1n) is 12.2. The summed E-state index contributed by atoms with van der Waals surface area (Å²) in [6, 6.07) is 17.9. The van der Waals surface area contributed by atoms with Gasteiger partial charge in [-0.2, -0.15) is 5.26 Å². The van der Waals surface area contributed by atoms with E-state index in [2.05, 4.69) is 32.8 Å². The van der Waals surface area contributed by atoms with Crippen LogP contribution in [0.25, 0.3) is 17.0 Å². The Bertz CT molecular complexity index is 1280. The maximum atomic E-state index is 12.1. The third-order valence-corrected chi connectivity index (χ3v) is 6.14. The zero-order valence-electron chi connectivity index (χ0n) is 20.7. The molecule has 1 unspecified atom stereocenters. The molecule has 0 spiro atoms. The molecule has 2 aromatic carbocycles. The van der Waals surface area contributed by atoms with Crippen LogP contribution in [0.4, 0.5) is 17.1 Å². The standard InChI is InChI=1S/C28H31N5O3/c1-30-24-15-14-22(33(2)26-18-21(19-29)31-25-11-5-4-10-23(25)26)17-20(24)9-3-6-12-27(34)32-36-28-13-7-8-16-35-28/h3-5,9-11,14-15,17-18,28,30H,6-8,12-13,16H2,1-2H3,(H,32,34)/b9-3+. The number of nitrogens with one attached hydrogen (secondary N) is 2. The lowest BCUT2D eigenvalue weighted by Gasteiger charge is -2.23. The number of hydrogen-bond donors (Lipinski definition) is 2. The van der Waals surface area contributed by atoms with E-state index in [1.165, 1.54) is 0 Å². The van der Waals surface area contributed by atoms with Crippen molar-refractivity contribution in [1.82, 2.24) is 10.5 Å². The van der Waals surface area contributed by atoms with Crippen molar-refractivity contribution in [3.63, 3.8) is 0 Å². The van der Waals surface area contributed by atoms with Crippen LogP contribution in [0.2, 0.25) is 0 Å². The summed E-state index contributed by atoms with van der Waals surface area (Å²) in [5.41, 5.74) is 7.49. The number of allylic oxidation sites excluding steroid dienone is 1. The lowest BCUT2D eigenvalue weighted by atomic mass is 10.1. The van der Waals surface area contributed by atoms with Crippen molar-refractivity contribution in [2.24, 2.45) is 0 Å². The van der Waals surface area contributed by atoms with Crippen molar-refractivity contribution in [1.29, 1.82) is 5.26 Å². The van der Waals surface area contributed by atoms with E-state index in [1.807, 2.05) is 68.7 Å². The summed E-state index contributed by atoms with van der Waals surface area (Å²) >= 11 is 0. The van der Waals surface area contributed by atoms with Gasteiger partial charge in [0.1, 0.15) is 11.8 Å². The molecule has 0 aliphatic carbocycles. The number of para-hydroxylation sites is 1. The van der Waals surface area contributed by atoms with Crippen molar-refractivity contribution in [2.75, 3.05) is 30.9 Å². The highest BCUT2D eigenvalue weighted by Crippen LogP contribution is 2.33. The lowest BCUT2D eigenvalue weighted by molar-refractivity contribution is -0.200. The molecule has 8 heteroatoms. The number of hydroxylamine groups is 1. The van der Waals surface area contributed by atoms with E-state index in [-0.39, 0.29) is 12.2 Å². The van der Waals surface area contributed by atoms with Gasteiger partial charge in [-0.1, -0.05) is 30.4 Å². The molecule has 1 fully saturated rings. The fraction of sp³-hybridized carbons (Fsp3) is 0.321. The minimum absolute atomic E-state index is 0.172. The van der Waals surface area contributed by atoms with E-state index in [0.717, 1.165) is 52.8 Å². The number of ether oxygens (including phenoxy) is 1. The molecule has 1 saturated heterocycles. The molecule has 8 nitrogen and oxygen atoms in total. The molecule has 1 aliphatic heterocycles. The number of amides is 1. The molecule has 3 aromatic rings. The topological polar surface area (TPSA) is 99.5 Å². The Morgan fingerprint density at radius 3 is 2.92 bits per heavy atom. The molecule has 2 N–H and O–H groups in total. The largest absolute Gasteiger partial charge is 0.388 e. The fourth-order valence-electron chi connectivity index (χ4n) is 4.17. The van der Waals surface area contributed by atoms with E-state index >= 15 is 0 Å². The molecular weight excluding hydrogens is 454 g/mol. The van der Waals surface area contributed by atoms with E-state index < -0.39 is 0 Å². The predicted molar refractivity (Wildman–Crippen MR) is 142 cm³/mol. The van der Waals surface area contributed by atoms with Crippen LogP contribution in [0.1, 0.15) is 43.4 Å². The normalized spacial score (nSPS) is 15.5. The summed E-state index contributed by atoms with van der Waals surface area (Å²) in [7, 11) is 3.86. The second kappa shape index (κ2) is 12.2. The number of benzene rings is 2. The summed E-state index contributed by atoms with van der Waals surface area (Å²) in [5.74, 6) is -0.172. The summed E-state index contributed by atoms with van der Waals surface area (Å²) in [6.07, 6.45) is 7.40. The third kappa shape index (κ3) is 6.19. The van der Waals surface area contributed by atoms with Crippen LogP contribution in [-0.4, -0.2) is 37.9 Å². The van der Waals surface area contributed by atoms with Gasteiger partial charge in [-0.3, -0.25) is 4.79 Å². The van der Waals surface area contributed by atoms with Crippen LogP contribution < -0.4 is 15.7 Å². The molecule has 1 aliphatic rings. The molecule has 0 saturated carbocycles. The molecular formula is C28H31N5O3. The second-order valence-corrected chi connectivity index (χ2v) is 8.62. The van der Waals surface area contributed by atoms with E-state index in [0.29, 0.717) is 25.1 Å². The summed E-state index contributed by atoms with van der Waals surface area (Å²) in [6.45, 7) is 0.669. The third-order valence-electron chi connectivity index (χ3n) is 6.14. The maximum Gasteiger partial charge on any atom is 0.243 e. The SMILES string of the molecule is CNc1ccc(N(C)c2cc(C#N)nc3ccccc23)cc1/C=C/CCC(=O)NOC1CCCCO1. The molecule has 2 heterocycles. The zero-order chi connectivity index (χ0) is 25.3. The van der Waals surface area contributed by atoms with Gasteiger partial charge in [0, 0.05) is 50.3 Å². The Labute approximate surface area is 211 Å². The quantitative estimate of drug-likeness (QED) is 0.398. The first kappa shape index (κ1) is 25.2. The van der Waals surface area contributed by atoms with Gasteiger partial charge < -0.3 is 15.0 Å². The maximum absolute atomic E-state index is 12.1.